The summed E-state index contributed by atoms with van der Waals surface area (Å²) in [5, 5.41) is 28.5. The zero-order chi connectivity index (χ0) is 11.4. The van der Waals surface area contributed by atoms with Crippen molar-refractivity contribution in [3.8, 4) is 5.75 Å². The molecule has 6 heteroatoms. The molecule has 0 spiro atoms. The van der Waals surface area contributed by atoms with E-state index in [1.165, 1.54) is 18.2 Å². The zero-order valence-corrected chi connectivity index (χ0v) is 7.96. The van der Waals surface area contributed by atoms with Gasteiger partial charge in [-0.2, -0.15) is 0 Å². The fourth-order valence-corrected chi connectivity index (χ4v) is 1.30. The first-order valence-electron chi connectivity index (χ1n) is 4.40. The predicted molar refractivity (Wildman–Crippen MR) is 53.4 cm³/mol. The largest absolute Gasteiger partial charge is 0.508 e. The molecule has 0 saturated carbocycles. The number of phenolic OH excluding ortho intramolecular Hbond substituents is 1. The lowest BCUT2D eigenvalue weighted by molar-refractivity contribution is -0.385. The Labute approximate surface area is 86.1 Å². The van der Waals surface area contributed by atoms with E-state index in [1.54, 1.807) is 0 Å². The van der Waals surface area contributed by atoms with Gasteiger partial charge in [-0.15, -0.1) is 0 Å². The summed E-state index contributed by atoms with van der Waals surface area (Å²) in [7, 11) is 0. The average molecular weight is 212 g/mol. The first-order chi connectivity index (χ1) is 7.06. The highest BCUT2D eigenvalue weighted by Crippen LogP contribution is 2.28. The Balaban J connectivity index is 3.12. The second-order valence-corrected chi connectivity index (χ2v) is 3.12. The minimum atomic E-state index is -0.650. The third-order valence-electron chi connectivity index (χ3n) is 2.05. The minimum Gasteiger partial charge on any atom is -0.508 e. The molecule has 82 valence electrons. The Bertz CT molecular complexity index is 367. The van der Waals surface area contributed by atoms with Crippen LogP contribution in [0.1, 0.15) is 18.0 Å². The van der Waals surface area contributed by atoms with Gasteiger partial charge in [0.15, 0.2) is 0 Å². The second kappa shape index (κ2) is 4.72. The van der Waals surface area contributed by atoms with E-state index in [9.17, 15) is 15.2 Å². The summed E-state index contributed by atoms with van der Waals surface area (Å²) in [6.07, 6.45) is 0.213. The van der Waals surface area contributed by atoms with Crippen molar-refractivity contribution in [2.45, 2.75) is 12.5 Å². The molecule has 1 atom stereocenters. The molecule has 0 saturated heterocycles. The van der Waals surface area contributed by atoms with Gasteiger partial charge in [-0.05, 0) is 18.6 Å². The number of hydrogen-bond acceptors (Lipinski definition) is 5. The topological polar surface area (TPSA) is 110 Å². The minimum absolute atomic E-state index is 0.0796. The molecule has 1 aromatic rings. The SMILES string of the molecule is N[C@@H](CCO)c1cc(O)ccc1[N+](=O)[O-]. The fourth-order valence-electron chi connectivity index (χ4n) is 1.30. The maximum Gasteiger partial charge on any atom is 0.274 e. The fraction of sp³-hybridized carbons (Fsp3) is 0.333. The average Bonchev–Trinajstić information content (AvgIpc) is 2.17. The van der Waals surface area contributed by atoms with Gasteiger partial charge in [0.25, 0.3) is 5.69 Å². The van der Waals surface area contributed by atoms with Crippen molar-refractivity contribution in [3.05, 3.63) is 33.9 Å². The van der Waals surface area contributed by atoms with Crippen molar-refractivity contribution in [1.82, 2.24) is 0 Å². The highest BCUT2D eigenvalue weighted by molar-refractivity contribution is 5.46. The molecule has 0 amide bonds. The van der Waals surface area contributed by atoms with Crippen molar-refractivity contribution >= 4 is 5.69 Å². The smallest absolute Gasteiger partial charge is 0.274 e. The molecule has 1 rings (SSSR count). The highest BCUT2D eigenvalue weighted by Gasteiger charge is 2.19. The summed E-state index contributed by atoms with van der Waals surface area (Å²) in [6.45, 7) is -0.159. The molecule has 0 aliphatic heterocycles. The van der Waals surface area contributed by atoms with Gasteiger partial charge in [0.05, 0.1) is 10.5 Å². The molecule has 0 bridgehead atoms. The standard InChI is InChI=1S/C9H12N2O4/c10-8(3-4-12)7-5-6(13)1-2-9(7)11(14)15/h1-2,5,8,12-13H,3-4,10H2/t8-/m0/s1. The number of phenols is 1. The van der Waals surface area contributed by atoms with Gasteiger partial charge in [0.1, 0.15) is 5.75 Å². The van der Waals surface area contributed by atoms with Gasteiger partial charge in [0, 0.05) is 18.7 Å². The summed E-state index contributed by atoms with van der Waals surface area (Å²) in [4.78, 5) is 10.1. The van der Waals surface area contributed by atoms with Crippen LogP contribution in [0, 0.1) is 10.1 Å². The van der Waals surface area contributed by atoms with Gasteiger partial charge in [-0.3, -0.25) is 10.1 Å². The summed E-state index contributed by atoms with van der Waals surface area (Å²) in [5.41, 5.74) is 5.72. The van der Waals surface area contributed by atoms with Crippen LogP contribution >= 0.6 is 0 Å². The van der Waals surface area contributed by atoms with Gasteiger partial charge in [-0.25, -0.2) is 0 Å². The molecule has 0 radical (unpaired) electrons. The van der Waals surface area contributed by atoms with E-state index in [2.05, 4.69) is 0 Å². The summed E-state index contributed by atoms with van der Waals surface area (Å²) < 4.78 is 0. The quantitative estimate of drug-likeness (QED) is 0.502. The zero-order valence-electron chi connectivity index (χ0n) is 7.96. The molecule has 0 unspecified atom stereocenters. The van der Waals surface area contributed by atoms with Crippen LogP contribution < -0.4 is 5.73 Å². The number of aliphatic hydroxyl groups excluding tert-OH is 1. The summed E-state index contributed by atoms with van der Waals surface area (Å²) in [5.74, 6) is -0.0796. The first kappa shape index (κ1) is 11.4. The predicted octanol–water partition coefficient (Wildman–Crippen LogP) is 0.683. The maximum absolute atomic E-state index is 10.6. The number of rotatable bonds is 4. The van der Waals surface area contributed by atoms with E-state index < -0.39 is 11.0 Å². The molecule has 0 fully saturated rings. The van der Waals surface area contributed by atoms with E-state index in [1.807, 2.05) is 0 Å². The van der Waals surface area contributed by atoms with Crippen molar-refractivity contribution < 1.29 is 15.1 Å². The normalized spacial score (nSPS) is 12.4. The van der Waals surface area contributed by atoms with Gasteiger partial charge < -0.3 is 15.9 Å². The van der Waals surface area contributed by atoms with E-state index in [4.69, 9.17) is 10.8 Å². The van der Waals surface area contributed by atoms with Gasteiger partial charge >= 0.3 is 0 Å². The number of aromatic hydroxyl groups is 1. The van der Waals surface area contributed by atoms with E-state index in [0.29, 0.717) is 0 Å². The van der Waals surface area contributed by atoms with Crippen LogP contribution in [0.15, 0.2) is 18.2 Å². The number of benzene rings is 1. The first-order valence-corrected chi connectivity index (χ1v) is 4.40. The lowest BCUT2D eigenvalue weighted by atomic mass is 10.0. The van der Waals surface area contributed by atoms with Crippen molar-refractivity contribution in [3.63, 3.8) is 0 Å². The third kappa shape index (κ3) is 2.64. The second-order valence-electron chi connectivity index (χ2n) is 3.12. The molecule has 0 heterocycles. The number of nitro groups is 1. The lowest BCUT2D eigenvalue weighted by Gasteiger charge is -2.10. The van der Waals surface area contributed by atoms with Crippen LogP contribution in [0.5, 0.6) is 5.75 Å². The molecular formula is C9H12N2O4. The monoisotopic (exact) mass is 212 g/mol. The van der Waals surface area contributed by atoms with Crippen molar-refractivity contribution in [2.24, 2.45) is 5.73 Å². The molecule has 1 aromatic carbocycles. The van der Waals surface area contributed by atoms with Crippen LogP contribution in [0.25, 0.3) is 0 Å². The Hall–Kier alpha value is -1.66. The molecule has 0 aliphatic carbocycles. The Morgan fingerprint density at radius 1 is 1.53 bits per heavy atom. The van der Waals surface area contributed by atoms with E-state index in [0.717, 1.165) is 0 Å². The molecule has 6 nitrogen and oxygen atoms in total. The lowest BCUT2D eigenvalue weighted by Crippen LogP contribution is -2.13. The summed E-state index contributed by atoms with van der Waals surface area (Å²) >= 11 is 0. The molecular weight excluding hydrogens is 200 g/mol. The Morgan fingerprint density at radius 2 is 2.20 bits per heavy atom. The van der Waals surface area contributed by atoms with Gasteiger partial charge in [0.2, 0.25) is 0 Å². The number of nitro benzene ring substituents is 1. The van der Waals surface area contributed by atoms with Crippen LogP contribution in [0.3, 0.4) is 0 Å². The van der Waals surface area contributed by atoms with Crippen molar-refractivity contribution in [2.75, 3.05) is 6.61 Å². The number of nitrogens with zero attached hydrogens (tertiary/aromatic N) is 1. The maximum atomic E-state index is 10.6. The Kier molecular flexibility index (Phi) is 3.59. The van der Waals surface area contributed by atoms with Crippen LogP contribution in [0.2, 0.25) is 0 Å². The van der Waals surface area contributed by atoms with Crippen LogP contribution in [-0.4, -0.2) is 21.7 Å². The summed E-state index contributed by atoms with van der Waals surface area (Å²) in [6, 6.07) is 3.02. The number of nitrogens with two attached hydrogens (primary N) is 1. The molecule has 0 aromatic heterocycles. The molecule has 15 heavy (non-hydrogen) atoms. The van der Waals surface area contributed by atoms with E-state index >= 15 is 0 Å². The Morgan fingerprint density at radius 3 is 2.73 bits per heavy atom. The molecule has 0 aliphatic rings. The van der Waals surface area contributed by atoms with Crippen LogP contribution in [0.4, 0.5) is 5.69 Å². The van der Waals surface area contributed by atoms with Gasteiger partial charge in [-0.1, -0.05) is 0 Å². The molecule has 4 N–H and O–H groups in total. The van der Waals surface area contributed by atoms with Crippen LogP contribution in [-0.2, 0) is 0 Å². The number of aliphatic hydroxyl groups is 1. The highest BCUT2D eigenvalue weighted by atomic mass is 16.6. The third-order valence-corrected chi connectivity index (χ3v) is 2.05. The number of hydrogen-bond donors (Lipinski definition) is 3. The van der Waals surface area contributed by atoms with E-state index in [-0.39, 0.29) is 30.0 Å². The van der Waals surface area contributed by atoms with Crippen molar-refractivity contribution in [1.29, 1.82) is 0 Å².